The van der Waals surface area contributed by atoms with Gasteiger partial charge in [0.25, 0.3) is 0 Å². The van der Waals surface area contributed by atoms with Crippen LogP contribution in [0, 0.1) is 5.41 Å². The number of hydrogen-bond donors (Lipinski definition) is 0. The van der Waals surface area contributed by atoms with Crippen molar-refractivity contribution in [1.82, 2.24) is 0 Å². The first-order chi connectivity index (χ1) is 4.56. The van der Waals surface area contributed by atoms with Crippen molar-refractivity contribution in [2.45, 2.75) is 20.8 Å². The summed E-state index contributed by atoms with van der Waals surface area (Å²) in [4.78, 5) is 0. The first-order valence-corrected chi connectivity index (χ1v) is 3.34. The van der Waals surface area contributed by atoms with Gasteiger partial charge < -0.3 is 0 Å². The Balaban J connectivity index is 4.11. The molecule has 0 aliphatic rings. The summed E-state index contributed by atoms with van der Waals surface area (Å²) in [6, 6.07) is 0. The summed E-state index contributed by atoms with van der Waals surface area (Å²) in [7, 11) is 0. The molecule has 0 nitrogen and oxygen atoms in total. The van der Waals surface area contributed by atoms with Gasteiger partial charge in [0.05, 0.1) is 0 Å². The maximum absolute atomic E-state index is 3.43. The molecule has 0 heteroatoms. The van der Waals surface area contributed by atoms with E-state index < -0.39 is 0 Å². The minimum Gasteiger partial charge on any atom is -0.128 e. The Morgan fingerprint density at radius 3 is 2.20 bits per heavy atom. The first kappa shape index (κ1) is 9.04. The second-order valence-electron chi connectivity index (χ2n) is 3.21. The third-order valence-electron chi connectivity index (χ3n) is 0.814. The molecule has 0 saturated heterocycles. The van der Waals surface area contributed by atoms with Crippen molar-refractivity contribution in [1.29, 1.82) is 0 Å². The minimum atomic E-state index is 0.214. The molecule has 0 N–H and O–H groups in total. The van der Waals surface area contributed by atoms with Gasteiger partial charge in [-0.1, -0.05) is 27.4 Å². The van der Waals surface area contributed by atoms with Crippen molar-refractivity contribution in [3.8, 4) is 0 Å². The van der Waals surface area contributed by atoms with Crippen LogP contribution in [0.4, 0.5) is 0 Å². The van der Waals surface area contributed by atoms with Crippen LogP contribution in [0.1, 0.15) is 20.8 Å². The highest BCUT2D eigenvalue weighted by atomic mass is 14.1. The summed E-state index contributed by atoms with van der Waals surface area (Å²) in [6.07, 6.45) is 5.56. The molecular formula is C10H14. The summed E-state index contributed by atoms with van der Waals surface area (Å²) in [6.45, 7) is 9.82. The maximum atomic E-state index is 3.43. The van der Waals surface area contributed by atoms with Gasteiger partial charge in [-0.3, -0.25) is 0 Å². The van der Waals surface area contributed by atoms with Crippen LogP contribution in [-0.2, 0) is 0 Å². The van der Waals surface area contributed by atoms with Gasteiger partial charge in [0.1, 0.15) is 0 Å². The second kappa shape index (κ2) is 3.95. The Kier molecular flexibility index (Phi) is 3.57. The number of hydrogen-bond acceptors (Lipinski definition) is 0. The molecule has 0 bridgehead atoms. The summed E-state index contributed by atoms with van der Waals surface area (Å²) < 4.78 is 0. The van der Waals surface area contributed by atoms with Crippen LogP contribution in [0.5, 0.6) is 0 Å². The van der Waals surface area contributed by atoms with Crippen molar-refractivity contribution in [3.05, 3.63) is 36.3 Å². The van der Waals surface area contributed by atoms with Crippen molar-refractivity contribution >= 4 is 0 Å². The Bertz CT molecular complexity index is 189. The van der Waals surface area contributed by atoms with E-state index in [4.69, 9.17) is 0 Å². The van der Waals surface area contributed by atoms with E-state index in [-0.39, 0.29) is 5.41 Å². The molecule has 0 aliphatic heterocycles. The van der Waals surface area contributed by atoms with Crippen molar-refractivity contribution in [2.75, 3.05) is 0 Å². The topological polar surface area (TPSA) is 0 Å². The smallest absolute Gasteiger partial charge is 0.0126 e. The summed E-state index contributed by atoms with van der Waals surface area (Å²) in [5.74, 6) is 0. The maximum Gasteiger partial charge on any atom is -0.0126 e. The van der Waals surface area contributed by atoms with Gasteiger partial charge in [-0.2, -0.15) is 0 Å². The van der Waals surface area contributed by atoms with E-state index in [1.807, 2.05) is 6.08 Å². The van der Waals surface area contributed by atoms with Gasteiger partial charge >= 0.3 is 0 Å². The molecule has 0 fully saturated rings. The van der Waals surface area contributed by atoms with E-state index in [2.05, 4.69) is 38.8 Å². The van der Waals surface area contributed by atoms with Crippen LogP contribution in [0.2, 0.25) is 0 Å². The molecule has 0 amide bonds. The highest BCUT2D eigenvalue weighted by Gasteiger charge is 2.01. The fraction of sp³-hybridized carbons (Fsp3) is 0.400. The molecule has 0 aromatic rings. The zero-order valence-corrected chi connectivity index (χ0v) is 6.94. The minimum absolute atomic E-state index is 0.214. The lowest BCUT2D eigenvalue weighted by atomic mass is 9.97. The highest BCUT2D eigenvalue weighted by Crippen LogP contribution is 2.12. The molecule has 0 spiro atoms. The summed E-state index contributed by atoms with van der Waals surface area (Å²) in [5, 5.41) is 0. The van der Waals surface area contributed by atoms with E-state index >= 15 is 0 Å². The third-order valence-corrected chi connectivity index (χ3v) is 0.814. The molecule has 54 valence electrons. The number of rotatable bonds is 1. The van der Waals surface area contributed by atoms with Crippen molar-refractivity contribution in [2.24, 2.45) is 5.41 Å². The zero-order chi connectivity index (χ0) is 8.04. The standard InChI is InChI=1S/C10H14/c1-5-6-7-8-9-10(2,3)4/h6-7,9H,1H2,2-4H3. The van der Waals surface area contributed by atoms with E-state index in [1.54, 1.807) is 12.2 Å². The predicted molar refractivity (Wildman–Crippen MR) is 45.8 cm³/mol. The lowest BCUT2D eigenvalue weighted by Gasteiger charge is -2.07. The fourth-order valence-electron chi connectivity index (χ4n) is 0.405. The highest BCUT2D eigenvalue weighted by molar-refractivity contribution is 5.02. The van der Waals surface area contributed by atoms with Gasteiger partial charge in [0, 0.05) is 0 Å². The van der Waals surface area contributed by atoms with Crippen LogP contribution in [0.3, 0.4) is 0 Å². The van der Waals surface area contributed by atoms with E-state index in [0.717, 1.165) is 0 Å². The molecule has 0 aromatic carbocycles. The molecule has 0 atom stereocenters. The van der Waals surface area contributed by atoms with Crippen molar-refractivity contribution < 1.29 is 0 Å². The molecule has 0 heterocycles. The van der Waals surface area contributed by atoms with Crippen LogP contribution in [-0.4, -0.2) is 0 Å². The average Bonchev–Trinajstić information content (AvgIpc) is 1.78. The van der Waals surface area contributed by atoms with Gasteiger partial charge in [-0.15, -0.1) is 11.5 Å². The molecule has 0 unspecified atom stereocenters. The SMILES string of the molecule is C=C=CC=C=CC(C)(C)C. The quantitative estimate of drug-likeness (QED) is 0.382. The Morgan fingerprint density at radius 2 is 1.80 bits per heavy atom. The van der Waals surface area contributed by atoms with Crippen LogP contribution in [0.25, 0.3) is 0 Å². The fourth-order valence-corrected chi connectivity index (χ4v) is 0.405. The third kappa shape index (κ3) is 7.04. The summed E-state index contributed by atoms with van der Waals surface area (Å²) in [5.41, 5.74) is 5.87. The Hall–Kier alpha value is -0.960. The van der Waals surface area contributed by atoms with Crippen molar-refractivity contribution in [3.63, 3.8) is 0 Å². The largest absolute Gasteiger partial charge is 0.128 e. The van der Waals surface area contributed by atoms with E-state index in [1.165, 1.54) is 0 Å². The van der Waals surface area contributed by atoms with E-state index in [0.29, 0.717) is 0 Å². The zero-order valence-electron chi connectivity index (χ0n) is 6.94. The van der Waals surface area contributed by atoms with Gasteiger partial charge in [0.2, 0.25) is 0 Å². The molecule has 0 aliphatic carbocycles. The summed E-state index contributed by atoms with van der Waals surface area (Å²) >= 11 is 0. The molecular weight excluding hydrogens is 120 g/mol. The van der Waals surface area contributed by atoms with Crippen LogP contribution >= 0.6 is 0 Å². The van der Waals surface area contributed by atoms with Crippen LogP contribution in [0.15, 0.2) is 36.3 Å². The molecule has 0 rings (SSSR count). The lowest BCUT2D eigenvalue weighted by Crippen LogP contribution is -1.96. The molecule has 0 radical (unpaired) electrons. The Labute approximate surface area is 63.3 Å². The van der Waals surface area contributed by atoms with Gasteiger partial charge in [-0.25, -0.2) is 0 Å². The monoisotopic (exact) mass is 134 g/mol. The Morgan fingerprint density at radius 1 is 1.20 bits per heavy atom. The van der Waals surface area contributed by atoms with Gasteiger partial charge in [0.15, 0.2) is 0 Å². The molecule has 0 aromatic heterocycles. The van der Waals surface area contributed by atoms with E-state index in [9.17, 15) is 0 Å². The average molecular weight is 134 g/mol. The van der Waals surface area contributed by atoms with Crippen LogP contribution < -0.4 is 0 Å². The molecule has 10 heavy (non-hydrogen) atoms. The molecule has 0 saturated carbocycles. The predicted octanol–water partition coefficient (Wildman–Crippen LogP) is 3.08. The van der Waals surface area contributed by atoms with Gasteiger partial charge in [-0.05, 0) is 23.6 Å². The second-order valence-corrected chi connectivity index (χ2v) is 3.21. The number of allylic oxidation sites excluding steroid dienone is 2. The first-order valence-electron chi connectivity index (χ1n) is 3.34. The lowest BCUT2D eigenvalue weighted by molar-refractivity contribution is 0.545. The normalized spacial score (nSPS) is 9.10.